The Bertz CT molecular complexity index is 228. The van der Waals surface area contributed by atoms with Crippen molar-refractivity contribution in [2.75, 3.05) is 0 Å². The van der Waals surface area contributed by atoms with Gasteiger partial charge in [-0.05, 0) is 38.5 Å². The third kappa shape index (κ3) is 6.47. The maximum atomic E-state index is 2.31. The number of allylic oxidation sites excluding steroid dienone is 8. The average Bonchev–Trinajstić information content (AvgIpc) is 2.22. The molecule has 1 rings (SSSR count). The summed E-state index contributed by atoms with van der Waals surface area (Å²) < 4.78 is 0. The van der Waals surface area contributed by atoms with Gasteiger partial charge < -0.3 is 0 Å². The first-order valence-electron chi connectivity index (χ1n) is 5.62. The minimum absolute atomic E-state index is 1.07. The van der Waals surface area contributed by atoms with E-state index < -0.39 is 0 Å². The van der Waals surface area contributed by atoms with Gasteiger partial charge >= 0.3 is 0 Å². The van der Waals surface area contributed by atoms with Crippen LogP contribution < -0.4 is 0 Å². The molecule has 0 atom stereocenters. The van der Waals surface area contributed by atoms with Crippen molar-refractivity contribution in [2.45, 2.75) is 38.5 Å². The van der Waals surface area contributed by atoms with Crippen molar-refractivity contribution in [3.05, 3.63) is 48.6 Å². The first-order valence-corrected chi connectivity index (χ1v) is 5.62. The maximum Gasteiger partial charge on any atom is -0.0166 e. The lowest BCUT2D eigenvalue weighted by Crippen LogP contribution is -1.71. The van der Waals surface area contributed by atoms with Crippen molar-refractivity contribution < 1.29 is 0 Å². The highest BCUT2D eigenvalue weighted by atomic mass is 13.9. The first kappa shape index (κ1) is 11.0. The van der Waals surface area contributed by atoms with Crippen LogP contribution in [0.1, 0.15) is 38.5 Å². The monoisotopic (exact) mass is 188 g/mol. The minimum Gasteiger partial charge on any atom is -0.0885 e. The molecule has 76 valence electrons. The Morgan fingerprint density at radius 3 is 2.07 bits per heavy atom. The Balaban J connectivity index is 2.35. The van der Waals surface area contributed by atoms with Crippen molar-refractivity contribution >= 4 is 0 Å². The maximum absolute atomic E-state index is 2.31. The van der Waals surface area contributed by atoms with Gasteiger partial charge in [-0.3, -0.25) is 0 Å². The molecule has 0 radical (unpaired) electrons. The molecule has 0 fully saturated rings. The fourth-order valence-corrected chi connectivity index (χ4v) is 1.41. The quantitative estimate of drug-likeness (QED) is 0.489. The predicted molar refractivity (Wildman–Crippen MR) is 64.3 cm³/mol. The molecule has 0 N–H and O–H groups in total. The van der Waals surface area contributed by atoms with E-state index in [4.69, 9.17) is 0 Å². The molecular formula is C14H20. The van der Waals surface area contributed by atoms with Crippen LogP contribution in [-0.2, 0) is 0 Å². The van der Waals surface area contributed by atoms with Gasteiger partial charge in [0.25, 0.3) is 0 Å². The number of hydrogen-bond acceptors (Lipinski definition) is 0. The molecular weight excluding hydrogens is 168 g/mol. The summed E-state index contributed by atoms with van der Waals surface area (Å²) in [5.74, 6) is 0. The summed E-state index contributed by atoms with van der Waals surface area (Å²) in [6.45, 7) is 0. The van der Waals surface area contributed by atoms with Gasteiger partial charge in [-0.15, -0.1) is 0 Å². The van der Waals surface area contributed by atoms with E-state index in [9.17, 15) is 0 Å². The lowest BCUT2D eigenvalue weighted by molar-refractivity contribution is 0.860. The second-order valence-corrected chi connectivity index (χ2v) is 3.54. The molecule has 0 aliphatic heterocycles. The fraction of sp³-hybridized carbons (Fsp3) is 0.429. The standard InChI is InChI=1S/C14H20/c1-2-4-6-8-10-12-14-13-11-9-7-5-3-1/h1-4,7,9-10,12H,5-6,8,11,13-14H2/b3-1+,4-2+,9-7-,12-10+. The van der Waals surface area contributed by atoms with E-state index in [2.05, 4.69) is 48.6 Å². The van der Waals surface area contributed by atoms with Crippen LogP contribution in [0.3, 0.4) is 0 Å². The zero-order valence-corrected chi connectivity index (χ0v) is 8.86. The van der Waals surface area contributed by atoms with E-state index >= 15 is 0 Å². The van der Waals surface area contributed by atoms with Crippen LogP contribution in [-0.4, -0.2) is 0 Å². The van der Waals surface area contributed by atoms with Crippen LogP contribution >= 0.6 is 0 Å². The molecule has 0 aromatic heterocycles. The average molecular weight is 188 g/mol. The van der Waals surface area contributed by atoms with Crippen LogP contribution in [0.15, 0.2) is 48.6 Å². The Morgan fingerprint density at radius 2 is 1.14 bits per heavy atom. The number of rotatable bonds is 0. The van der Waals surface area contributed by atoms with E-state index in [0.717, 1.165) is 12.8 Å². The Morgan fingerprint density at radius 1 is 0.500 bits per heavy atom. The smallest absolute Gasteiger partial charge is 0.0166 e. The van der Waals surface area contributed by atoms with Crippen LogP contribution in [0.4, 0.5) is 0 Å². The second kappa shape index (κ2) is 8.55. The highest BCUT2D eigenvalue weighted by molar-refractivity contribution is 5.05. The van der Waals surface area contributed by atoms with Gasteiger partial charge in [0.1, 0.15) is 0 Å². The molecule has 0 spiro atoms. The van der Waals surface area contributed by atoms with E-state index in [0.29, 0.717) is 0 Å². The molecule has 0 aromatic carbocycles. The molecule has 0 heterocycles. The topological polar surface area (TPSA) is 0 Å². The lowest BCUT2D eigenvalue weighted by Gasteiger charge is -1.91. The van der Waals surface area contributed by atoms with Crippen LogP contribution in [0.5, 0.6) is 0 Å². The molecule has 0 unspecified atom stereocenters. The van der Waals surface area contributed by atoms with Gasteiger partial charge in [0.2, 0.25) is 0 Å². The molecule has 0 aromatic rings. The number of hydrogen-bond donors (Lipinski definition) is 0. The van der Waals surface area contributed by atoms with Crippen molar-refractivity contribution in [2.24, 2.45) is 0 Å². The molecule has 14 heavy (non-hydrogen) atoms. The van der Waals surface area contributed by atoms with E-state index in [1.165, 1.54) is 25.7 Å². The first-order chi connectivity index (χ1) is 7.00. The van der Waals surface area contributed by atoms with Crippen LogP contribution in [0.25, 0.3) is 0 Å². The van der Waals surface area contributed by atoms with Gasteiger partial charge in [-0.2, -0.15) is 0 Å². The summed E-state index contributed by atoms with van der Waals surface area (Å²) in [5.41, 5.74) is 0. The van der Waals surface area contributed by atoms with E-state index in [1.54, 1.807) is 0 Å². The van der Waals surface area contributed by atoms with Crippen molar-refractivity contribution in [1.29, 1.82) is 0 Å². The van der Waals surface area contributed by atoms with Crippen LogP contribution in [0.2, 0.25) is 0 Å². The Kier molecular flexibility index (Phi) is 6.74. The summed E-state index contributed by atoms with van der Waals surface area (Å²) in [7, 11) is 0. The minimum atomic E-state index is 1.07. The summed E-state index contributed by atoms with van der Waals surface area (Å²) >= 11 is 0. The van der Waals surface area contributed by atoms with Gasteiger partial charge in [0.05, 0.1) is 0 Å². The zero-order valence-electron chi connectivity index (χ0n) is 8.86. The summed E-state index contributed by atoms with van der Waals surface area (Å²) in [5, 5.41) is 0. The van der Waals surface area contributed by atoms with Gasteiger partial charge in [-0.25, -0.2) is 0 Å². The molecule has 0 bridgehead atoms. The molecule has 0 saturated carbocycles. The Labute approximate surface area is 87.7 Å². The highest BCUT2D eigenvalue weighted by Crippen LogP contribution is 2.02. The fourth-order valence-electron chi connectivity index (χ4n) is 1.41. The van der Waals surface area contributed by atoms with Crippen LogP contribution in [0, 0.1) is 0 Å². The zero-order chi connectivity index (χ0) is 9.90. The highest BCUT2D eigenvalue weighted by Gasteiger charge is 1.82. The molecule has 0 nitrogen and oxygen atoms in total. The summed E-state index contributed by atoms with van der Waals surface area (Å²) in [6.07, 6.45) is 25.0. The third-order valence-corrected chi connectivity index (χ3v) is 2.23. The molecule has 0 saturated heterocycles. The lowest BCUT2D eigenvalue weighted by atomic mass is 10.2. The van der Waals surface area contributed by atoms with E-state index in [1.807, 2.05) is 0 Å². The van der Waals surface area contributed by atoms with Gasteiger partial charge in [0, 0.05) is 0 Å². The van der Waals surface area contributed by atoms with Gasteiger partial charge in [-0.1, -0.05) is 48.6 Å². The van der Waals surface area contributed by atoms with Crippen molar-refractivity contribution in [3.8, 4) is 0 Å². The van der Waals surface area contributed by atoms with Crippen molar-refractivity contribution in [3.63, 3.8) is 0 Å². The molecule has 0 amide bonds. The van der Waals surface area contributed by atoms with E-state index in [-0.39, 0.29) is 0 Å². The predicted octanol–water partition coefficient (Wildman–Crippen LogP) is 4.57. The molecule has 0 heteroatoms. The summed E-state index contributed by atoms with van der Waals surface area (Å²) in [4.78, 5) is 0. The Hall–Kier alpha value is -1.04. The molecule has 1 aliphatic carbocycles. The second-order valence-electron chi connectivity index (χ2n) is 3.54. The third-order valence-electron chi connectivity index (χ3n) is 2.23. The largest absolute Gasteiger partial charge is 0.0885 e. The van der Waals surface area contributed by atoms with Gasteiger partial charge in [0.15, 0.2) is 0 Å². The summed E-state index contributed by atoms with van der Waals surface area (Å²) in [6, 6.07) is 0. The normalized spacial score (nSPS) is 28.6. The SMILES string of the molecule is C1=C\CCC/C=C/CC/C=C/C=C/C/1. The van der Waals surface area contributed by atoms with Crippen molar-refractivity contribution in [1.82, 2.24) is 0 Å². The molecule has 1 aliphatic rings.